The summed E-state index contributed by atoms with van der Waals surface area (Å²) in [5.74, 6) is 0. The number of pyridine rings is 1. The summed E-state index contributed by atoms with van der Waals surface area (Å²) in [4.78, 5) is 4.45. The molecule has 2 rings (SSSR count). The molecular weight excluding hydrogens is 224 g/mol. The molecule has 0 spiro atoms. The number of para-hydroxylation sites is 1. The standard InChI is InChI=1S/C14H10N4/c1-10-5-6-12-3-2-4-13(14(12)18-10)17-9-11(7-15)8-16/h2-6,9,17H,1H3. The molecule has 4 nitrogen and oxygen atoms in total. The van der Waals surface area contributed by atoms with Crippen molar-refractivity contribution >= 4 is 16.6 Å². The number of aryl methyl sites for hydroxylation is 1. The molecule has 0 saturated carbocycles. The van der Waals surface area contributed by atoms with Crippen LogP contribution in [0.15, 0.2) is 42.1 Å². The SMILES string of the molecule is Cc1ccc2cccc(NC=C(C#N)C#N)c2n1. The molecule has 0 atom stereocenters. The minimum atomic E-state index is 0.0275. The minimum Gasteiger partial charge on any atom is -0.358 e. The van der Waals surface area contributed by atoms with E-state index in [9.17, 15) is 0 Å². The Morgan fingerprint density at radius 1 is 1.22 bits per heavy atom. The highest BCUT2D eigenvalue weighted by Gasteiger charge is 2.01. The van der Waals surface area contributed by atoms with Gasteiger partial charge in [0.05, 0.1) is 11.2 Å². The number of nitriles is 2. The van der Waals surface area contributed by atoms with Crippen LogP contribution in [-0.4, -0.2) is 4.98 Å². The first-order chi connectivity index (χ1) is 8.74. The lowest BCUT2D eigenvalue weighted by atomic mass is 10.1. The third kappa shape index (κ3) is 2.28. The van der Waals surface area contributed by atoms with E-state index >= 15 is 0 Å². The van der Waals surface area contributed by atoms with Gasteiger partial charge in [-0.2, -0.15) is 10.5 Å². The number of hydrogen-bond acceptors (Lipinski definition) is 4. The van der Waals surface area contributed by atoms with Gasteiger partial charge in [0.2, 0.25) is 0 Å². The highest BCUT2D eigenvalue weighted by molar-refractivity contribution is 5.90. The second-order valence-corrected chi connectivity index (χ2v) is 3.76. The number of hydrogen-bond donors (Lipinski definition) is 1. The molecule has 1 aromatic heterocycles. The molecule has 0 saturated heterocycles. The topological polar surface area (TPSA) is 72.5 Å². The number of nitrogens with zero attached hydrogens (tertiary/aromatic N) is 3. The average molecular weight is 234 g/mol. The molecule has 1 N–H and O–H groups in total. The van der Waals surface area contributed by atoms with E-state index < -0.39 is 0 Å². The molecule has 0 aliphatic rings. The quantitative estimate of drug-likeness (QED) is 0.811. The number of allylic oxidation sites excluding steroid dienone is 1. The van der Waals surface area contributed by atoms with E-state index in [1.54, 1.807) is 12.1 Å². The van der Waals surface area contributed by atoms with Crippen molar-refractivity contribution in [3.05, 3.63) is 47.8 Å². The second kappa shape index (κ2) is 4.99. The first-order valence-electron chi connectivity index (χ1n) is 5.38. The van der Waals surface area contributed by atoms with Crippen LogP contribution in [0.25, 0.3) is 10.9 Å². The molecule has 0 unspecified atom stereocenters. The summed E-state index contributed by atoms with van der Waals surface area (Å²) in [6, 6.07) is 13.2. The molecule has 0 radical (unpaired) electrons. The van der Waals surface area contributed by atoms with Crippen molar-refractivity contribution in [2.24, 2.45) is 0 Å². The van der Waals surface area contributed by atoms with E-state index in [0.29, 0.717) is 0 Å². The summed E-state index contributed by atoms with van der Waals surface area (Å²) < 4.78 is 0. The number of benzene rings is 1. The van der Waals surface area contributed by atoms with Crippen LogP contribution in [0.4, 0.5) is 5.69 Å². The van der Waals surface area contributed by atoms with E-state index in [0.717, 1.165) is 22.3 Å². The zero-order valence-electron chi connectivity index (χ0n) is 9.81. The first-order valence-corrected chi connectivity index (χ1v) is 5.38. The maximum atomic E-state index is 8.67. The fourth-order valence-corrected chi connectivity index (χ4v) is 1.60. The molecule has 86 valence electrons. The van der Waals surface area contributed by atoms with Gasteiger partial charge in [-0.25, -0.2) is 0 Å². The van der Waals surface area contributed by atoms with Gasteiger partial charge in [0.15, 0.2) is 0 Å². The van der Waals surface area contributed by atoms with Gasteiger partial charge in [0.1, 0.15) is 17.7 Å². The molecule has 18 heavy (non-hydrogen) atoms. The van der Waals surface area contributed by atoms with E-state index in [2.05, 4.69) is 10.3 Å². The van der Waals surface area contributed by atoms with Crippen LogP contribution < -0.4 is 5.32 Å². The van der Waals surface area contributed by atoms with Crippen LogP contribution in [0.1, 0.15) is 5.69 Å². The number of anilines is 1. The number of nitrogens with one attached hydrogen (secondary N) is 1. The maximum absolute atomic E-state index is 8.67. The average Bonchev–Trinajstić information content (AvgIpc) is 2.40. The van der Waals surface area contributed by atoms with Crippen molar-refractivity contribution in [2.75, 3.05) is 5.32 Å². The van der Waals surface area contributed by atoms with Gasteiger partial charge in [-0.15, -0.1) is 0 Å². The molecule has 0 aliphatic carbocycles. The molecule has 1 heterocycles. The summed E-state index contributed by atoms with van der Waals surface area (Å²) in [7, 11) is 0. The van der Waals surface area contributed by atoms with E-state index in [-0.39, 0.29) is 5.57 Å². The third-order valence-electron chi connectivity index (χ3n) is 2.47. The van der Waals surface area contributed by atoms with Gasteiger partial charge in [-0.1, -0.05) is 18.2 Å². The Labute approximate surface area is 105 Å². The lowest BCUT2D eigenvalue weighted by Crippen LogP contribution is -1.93. The van der Waals surface area contributed by atoms with Crippen molar-refractivity contribution in [3.8, 4) is 12.1 Å². The zero-order valence-corrected chi connectivity index (χ0v) is 9.81. The second-order valence-electron chi connectivity index (χ2n) is 3.76. The molecule has 4 heteroatoms. The molecule has 0 fully saturated rings. The Bertz CT molecular complexity index is 686. The van der Waals surface area contributed by atoms with Gasteiger partial charge in [0, 0.05) is 17.3 Å². The summed E-state index contributed by atoms with van der Waals surface area (Å²) in [6.45, 7) is 1.92. The molecule has 0 aliphatic heterocycles. The first kappa shape index (κ1) is 11.6. The summed E-state index contributed by atoms with van der Waals surface area (Å²) >= 11 is 0. The number of rotatable bonds is 2. The van der Waals surface area contributed by atoms with Gasteiger partial charge in [-0.3, -0.25) is 4.98 Å². The van der Waals surface area contributed by atoms with Crippen molar-refractivity contribution in [2.45, 2.75) is 6.92 Å². The summed E-state index contributed by atoms with van der Waals surface area (Å²) in [6.07, 6.45) is 1.39. The predicted molar refractivity (Wildman–Crippen MR) is 69.4 cm³/mol. The number of aromatic nitrogens is 1. The number of fused-ring (bicyclic) bond motifs is 1. The Kier molecular flexibility index (Phi) is 3.22. The molecular formula is C14H10N4. The Hall–Kier alpha value is -2.85. The fraction of sp³-hybridized carbons (Fsp3) is 0.0714. The minimum absolute atomic E-state index is 0.0275. The Balaban J connectivity index is 2.46. The molecule has 0 amide bonds. The Morgan fingerprint density at radius 3 is 2.72 bits per heavy atom. The highest BCUT2D eigenvalue weighted by atomic mass is 14.9. The Morgan fingerprint density at radius 2 is 2.00 bits per heavy atom. The van der Waals surface area contributed by atoms with Crippen molar-refractivity contribution in [1.82, 2.24) is 4.98 Å². The normalized spacial score (nSPS) is 9.28. The van der Waals surface area contributed by atoms with Crippen LogP contribution in [0.5, 0.6) is 0 Å². The smallest absolute Gasteiger partial charge is 0.145 e. The van der Waals surface area contributed by atoms with Gasteiger partial charge < -0.3 is 5.32 Å². The summed E-state index contributed by atoms with van der Waals surface area (Å²) in [5, 5.41) is 21.3. The van der Waals surface area contributed by atoms with Gasteiger partial charge in [-0.05, 0) is 19.1 Å². The summed E-state index contributed by atoms with van der Waals surface area (Å²) in [5.41, 5.74) is 2.55. The van der Waals surface area contributed by atoms with Crippen LogP contribution >= 0.6 is 0 Å². The maximum Gasteiger partial charge on any atom is 0.145 e. The monoisotopic (exact) mass is 234 g/mol. The van der Waals surface area contributed by atoms with Crippen LogP contribution in [0.2, 0.25) is 0 Å². The van der Waals surface area contributed by atoms with Gasteiger partial charge >= 0.3 is 0 Å². The van der Waals surface area contributed by atoms with E-state index in [1.807, 2.05) is 37.3 Å². The fourth-order valence-electron chi connectivity index (χ4n) is 1.60. The molecule has 0 bridgehead atoms. The highest BCUT2D eigenvalue weighted by Crippen LogP contribution is 2.21. The van der Waals surface area contributed by atoms with Crippen LogP contribution in [-0.2, 0) is 0 Å². The van der Waals surface area contributed by atoms with E-state index in [4.69, 9.17) is 10.5 Å². The van der Waals surface area contributed by atoms with Crippen molar-refractivity contribution in [1.29, 1.82) is 10.5 Å². The van der Waals surface area contributed by atoms with Gasteiger partial charge in [0.25, 0.3) is 0 Å². The largest absolute Gasteiger partial charge is 0.358 e. The van der Waals surface area contributed by atoms with Crippen molar-refractivity contribution in [3.63, 3.8) is 0 Å². The molecule has 1 aromatic carbocycles. The molecule has 2 aromatic rings. The van der Waals surface area contributed by atoms with E-state index in [1.165, 1.54) is 6.20 Å². The lowest BCUT2D eigenvalue weighted by Gasteiger charge is -2.05. The van der Waals surface area contributed by atoms with Crippen LogP contribution in [0.3, 0.4) is 0 Å². The third-order valence-corrected chi connectivity index (χ3v) is 2.47. The van der Waals surface area contributed by atoms with Crippen LogP contribution in [0, 0.1) is 29.6 Å². The lowest BCUT2D eigenvalue weighted by molar-refractivity contribution is 1.25. The predicted octanol–water partition coefficient (Wildman–Crippen LogP) is 2.89. The zero-order chi connectivity index (χ0) is 13.0. The van der Waals surface area contributed by atoms with Crippen molar-refractivity contribution < 1.29 is 0 Å².